The molecule has 0 aromatic heterocycles. The minimum atomic E-state index is -3.73. The highest BCUT2D eigenvalue weighted by atomic mass is 32.2. The Morgan fingerprint density at radius 2 is 1.92 bits per heavy atom. The summed E-state index contributed by atoms with van der Waals surface area (Å²) in [6, 6.07) is 12.6. The van der Waals surface area contributed by atoms with Gasteiger partial charge in [0.15, 0.2) is 0 Å². The van der Waals surface area contributed by atoms with Crippen molar-refractivity contribution in [1.29, 1.82) is 0 Å². The van der Waals surface area contributed by atoms with Gasteiger partial charge in [0.25, 0.3) is 5.91 Å². The maximum Gasteiger partial charge on any atom is 0.254 e. The molecule has 26 heavy (non-hydrogen) atoms. The van der Waals surface area contributed by atoms with Gasteiger partial charge in [-0.05, 0) is 35.7 Å². The molecule has 0 atom stereocenters. The fraction of sp³-hybridized carbons (Fsp3) is 0.316. The van der Waals surface area contributed by atoms with E-state index in [1.165, 1.54) is 24.8 Å². The average molecular weight is 374 g/mol. The summed E-state index contributed by atoms with van der Waals surface area (Å²) >= 11 is 0. The number of rotatable bonds is 5. The molecular formula is C19H22N2O4S. The lowest BCUT2D eigenvalue weighted by Gasteiger charge is -2.29. The molecule has 0 spiro atoms. The second kappa shape index (κ2) is 7.47. The summed E-state index contributed by atoms with van der Waals surface area (Å²) in [5, 5.41) is 0. The van der Waals surface area contributed by atoms with Crippen molar-refractivity contribution >= 4 is 15.9 Å². The van der Waals surface area contributed by atoms with Crippen LogP contribution in [0.25, 0.3) is 0 Å². The first kappa shape index (κ1) is 18.4. The Morgan fingerprint density at radius 1 is 1.19 bits per heavy atom. The largest absolute Gasteiger partial charge is 0.495 e. The summed E-state index contributed by atoms with van der Waals surface area (Å²) in [5.74, 6) is 0.0293. The van der Waals surface area contributed by atoms with Gasteiger partial charge in [-0.1, -0.05) is 31.2 Å². The smallest absolute Gasteiger partial charge is 0.254 e. The lowest BCUT2D eigenvalue weighted by atomic mass is 9.99. The van der Waals surface area contributed by atoms with Crippen molar-refractivity contribution in [2.24, 2.45) is 0 Å². The molecule has 7 heteroatoms. The molecule has 6 nitrogen and oxygen atoms in total. The van der Waals surface area contributed by atoms with Crippen LogP contribution in [0.3, 0.4) is 0 Å². The summed E-state index contributed by atoms with van der Waals surface area (Å²) < 4.78 is 32.4. The number of ether oxygens (including phenoxy) is 1. The number of methoxy groups -OCH3 is 1. The fourth-order valence-corrected chi connectivity index (χ4v) is 4.37. The van der Waals surface area contributed by atoms with Crippen molar-refractivity contribution < 1.29 is 17.9 Å². The van der Waals surface area contributed by atoms with Gasteiger partial charge < -0.3 is 9.64 Å². The van der Waals surface area contributed by atoms with Crippen LogP contribution in [0.1, 0.15) is 28.4 Å². The number of hydrogen-bond donors (Lipinski definition) is 1. The number of hydrogen-bond acceptors (Lipinski definition) is 4. The van der Waals surface area contributed by atoms with E-state index in [9.17, 15) is 13.2 Å². The predicted molar refractivity (Wildman–Crippen MR) is 98.7 cm³/mol. The normalized spacial score (nSPS) is 14.0. The van der Waals surface area contributed by atoms with Gasteiger partial charge in [0.05, 0.1) is 7.11 Å². The minimum absolute atomic E-state index is 0.0230. The second-order valence-corrected chi connectivity index (χ2v) is 7.85. The molecule has 138 valence electrons. The van der Waals surface area contributed by atoms with Crippen molar-refractivity contribution in [2.75, 3.05) is 20.2 Å². The number of fused-ring (bicyclic) bond motifs is 1. The van der Waals surface area contributed by atoms with E-state index in [1.807, 2.05) is 18.2 Å². The molecule has 0 unspecified atom stereocenters. The van der Waals surface area contributed by atoms with E-state index in [2.05, 4.69) is 10.8 Å². The zero-order chi connectivity index (χ0) is 18.7. The highest BCUT2D eigenvalue weighted by molar-refractivity contribution is 7.89. The summed E-state index contributed by atoms with van der Waals surface area (Å²) in [7, 11) is -2.33. The van der Waals surface area contributed by atoms with Crippen molar-refractivity contribution in [3.8, 4) is 5.75 Å². The molecule has 1 aliphatic heterocycles. The average Bonchev–Trinajstić information content (AvgIpc) is 2.66. The Morgan fingerprint density at radius 3 is 2.62 bits per heavy atom. The van der Waals surface area contributed by atoms with Gasteiger partial charge in [-0.25, -0.2) is 13.1 Å². The topological polar surface area (TPSA) is 75.7 Å². The quantitative estimate of drug-likeness (QED) is 0.870. The van der Waals surface area contributed by atoms with E-state index < -0.39 is 10.0 Å². The minimum Gasteiger partial charge on any atom is -0.495 e. The van der Waals surface area contributed by atoms with Crippen molar-refractivity contribution in [3.63, 3.8) is 0 Å². The van der Waals surface area contributed by atoms with Crippen molar-refractivity contribution in [2.45, 2.75) is 24.8 Å². The third-order valence-corrected chi connectivity index (χ3v) is 6.02. The molecule has 3 rings (SSSR count). The zero-order valence-corrected chi connectivity index (χ0v) is 15.7. The van der Waals surface area contributed by atoms with Gasteiger partial charge in [0, 0.05) is 25.2 Å². The SMILES string of the molecule is CCNS(=O)(=O)c1cc(C(=O)N2CCc3ccccc3C2)ccc1OC. The summed E-state index contributed by atoms with van der Waals surface area (Å²) in [6.07, 6.45) is 0.792. The Bertz CT molecular complexity index is 925. The molecule has 1 heterocycles. The highest BCUT2D eigenvalue weighted by Gasteiger charge is 2.25. The van der Waals surface area contributed by atoms with E-state index in [-0.39, 0.29) is 23.1 Å². The van der Waals surface area contributed by atoms with Crippen LogP contribution in [0, 0.1) is 0 Å². The molecule has 1 N–H and O–H groups in total. The first-order valence-electron chi connectivity index (χ1n) is 8.50. The van der Waals surface area contributed by atoms with E-state index in [0.29, 0.717) is 18.7 Å². The van der Waals surface area contributed by atoms with E-state index in [0.717, 1.165) is 12.0 Å². The van der Waals surface area contributed by atoms with Gasteiger partial charge in [-0.3, -0.25) is 4.79 Å². The Labute approximate surface area is 153 Å². The Hall–Kier alpha value is -2.38. The number of benzene rings is 2. The van der Waals surface area contributed by atoms with Crippen LogP contribution >= 0.6 is 0 Å². The number of carbonyl (C=O) groups excluding carboxylic acids is 1. The summed E-state index contributed by atoms with van der Waals surface area (Å²) in [4.78, 5) is 14.6. The maximum atomic E-state index is 12.9. The van der Waals surface area contributed by atoms with Crippen LogP contribution in [0.4, 0.5) is 0 Å². The highest BCUT2D eigenvalue weighted by Crippen LogP contribution is 2.27. The standard InChI is InChI=1S/C19H22N2O4S/c1-3-20-26(23,24)18-12-15(8-9-17(18)25-2)19(22)21-11-10-14-6-4-5-7-16(14)13-21/h4-9,12,20H,3,10-11,13H2,1-2H3. The molecule has 0 saturated heterocycles. The van der Waals surface area contributed by atoms with E-state index in [4.69, 9.17) is 4.74 Å². The fourth-order valence-electron chi connectivity index (χ4n) is 3.14. The van der Waals surface area contributed by atoms with Gasteiger partial charge in [0.1, 0.15) is 10.6 Å². The molecule has 1 aliphatic rings. The Kier molecular flexibility index (Phi) is 5.29. The number of nitrogens with zero attached hydrogens (tertiary/aromatic N) is 1. The van der Waals surface area contributed by atoms with Crippen LogP contribution in [0.5, 0.6) is 5.75 Å². The number of amides is 1. The van der Waals surface area contributed by atoms with Gasteiger partial charge in [0.2, 0.25) is 10.0 Å². The molecule has 2 aromatic rings. The maximum absolute atomic E-state index is 12.9. The lowest BCUT2D eigenvalue weighted by Crippen LogP contribution is -2.36. The Balaban J connectivity index is 1.91. The molecule has 2 aromatic carbocycles. The first-order valence-corrected chi connectivity index (χ1v) is 9.98. The van der Waals surface area contributed by atoms with Crippen LogP contribution in [-0.2, 0) is 23.0 Å². The third-order valence-electron chi connectivity index (χ3n) is 4.45. The predicted octanol–water partition coefficient (Wildman–Crippen LogP) is 2.19. The monoisotopic (exact) mass is 374 g/mol. The summed E-state index contributed by atoms with van der Waals surface area (Å²) in [5.41, 5.74) is 2.71. The van der Waals surface area contributed by atoms with E-state index >= 15 is 0 Å². The molecule has 0 aliphatic carbocycles. The molecule has 0 saturated carbocycles. The number of nitrogens with one attached hydrogen (secondary N) is 1. The van der Waals surface area contributed by atoms with Gasteiger partial charge in [-0.15, -0.1) is 0 Å². The van der Waals surface area contributed by atoms with Crippen LogP contribution in [0.15, 0.2) is 47.4 Å². The van der Waals surface area contributed by atoms with Crippen LogP contribution in [-0.4, -0.2) is 39.4 Å². The second-order valence-electron chi connectivity index (χ2n) is 6.11. The van der Waals surface area contributed by atoms with Crippen molar-refractivity contribution in [1.82, 2.24) is 9.62 Å². The van der Waals surface area contributed by atoms with Crippen LogP contribution < -0.4 is 9.46 Å². The lowest BCUT2D eigenvalue weighted by molar-refractivity contribution is 0.0734. The molecule has 0 bridgehead atoms. The van der Waals surface area contributed by atoms with Gasteiger partial charge in [-0.2, -0.15) is 0 Å². The van der Waals surface area contributed by atoms with Crippen LogP contribution in [0.2, 0.25) is 0 Å². The zero-order valence-electron chi connectivity index (χ0n) is 14.9. The first-order chi connectivity index (χ1) is 12.5. The molecule has 1 amide bonds. The molecular weight excluding hydrogens is 352 g/mol. The van der Waals surface area contributed by atoms with Gasteiger partial charge >= 0.3 is 0 Å². The molecule has 0 fully saturated rings. The number of sulfonamides is 1. The third kappa shape index (κ3) is 3.59. The number of carbonyl (C=O) groups is 1. The molecule has 0 radical (unpaired) electrons. The van der Waals surface area contributed by atoms with Crippen molar-refractivity contribution in [3.05, 3.63) is 59.2 Å². The van der Waals surface area contributed by atoms with E-state index in [1.54, 1.807) is 17.9 Å². The summed E-state index contributed by atoms with van der Waals surface area (Å²) in [6.45, 7) is 3.09.